The Bertz CT molecular complexity index is 757. The van der Waals surface area contributed by atoms with Gasteiger partial charge in [0.2, 0.25) is 0 Å². The van der Waals surface area contributed by atoms with Gasteiger partial charge in [-0.1, -0.05) is 32.9 Å². The van der Waals surface area contributed by atoms with Crippen molar-refractivity contribution in [2.45, 2.75) is 26.2 Å². The van der Waals surface area contributed by atoms with Crippen LogP contribution in [0.4, 0.5) is 5.69 Å². The molecular weight excluding hydrogens is 328 g/mol. The molecule has 0 aliphatic carbocycles. The van der Waals surface area contributed by atoms with Crippen LogP contribution >= 0.6 is 0 Å². The Balaban J connectivity index is 1.96. The van der Waals surface area contributed by atoms with Crippen molar-refractivity contribution in [3.05, 3.63) is 59.7 Å². The number of amides is 2. The van der Waals surface area contributed by atoms with E-state index < -0.39 is 0 Å². The first-order valence-electron chi connectivity index (χ1n) is 8.52. The summed E-state index contributed by atoms with van der Waals surface area (Å²) >= 11 is 0. The fraction of sp³-hybridized carbons (Fsp3) is 0.333. The van der Waals surface area contributed by atoms with Gasteiger partial charge in [0.25, 0.3) is 11.8 Å². The van der Waals surface area contributed by atoms with Crippen molar-refractivity contribution in [2.24, 2.45) is 0 Å². The smallest absolute Gasteiger partial charge is 0.259 e. The van der Waals surface area contributed by atoms with E-state index in [0.29, 0.717) is 17.0 Å². The molecule has 2 aromatic rings. The van der Waals surface area contributed by atoms with Gasteiger partial charge in [-0.2, -0.15) is 0 Å². The molecule has 0 saturated carbocycles. The summed E-state index contributed by atoms with van der Waals surface area (Å²) in [5.74, 6) is 0.302. The number of hydrogen-bond acceptors (Lipinski definition) is 3. The molecule has 0 fully saturated rings. The lowest BCUT2D eigenvalue weighted by atomic mass is 9.87. The van der Waals surface area contributed by atoms with Gasteiger partial charge in [0, 0.05) is 25.3 Å². The van der Waals surface area contributed by atoms with E-state index in [9.17, 15) is 9.59 Å². The highest BCUT2D eigenvalue weighted by atomic mass is 16.5. The van der Waals surface area contributed by atoms with Crippen molar-refractivity contribution < 1.29 is 14.3 Å². The molecule has 2 rings (SSSR count). The zero-order valence-electron chi connectivity index (χ0n) is 16.0. The normalized spacial score (nSPS) is 11.0. The molecule has 2 aromatic carbocycles. The molecule has 1 N–H and O–H groups in total. The third-order valence-electron chi connectivity index (χ3n) is 3.99. The molecule has 0 radical (unpaired) electrons. The van der Waals surface area contributed by atoms with Gasteiger partial charge >= 0.3 is 0 Å². The lowest BCUT2D eigenvalue weighted by Crippen LogP contribution is -2.27. The van der Waals surface area contributed by atoms with Gasteiger partial charge in [-0.3, -0.25) is 9.59 Å². The number of nitrogens with zero attached hydrogens (tertiary/aromatic N) is 1. The zero-order valence-corrected chi connectivity index (χ0v) is 16.0. The summed E-state index contributed by atoms with van der Waals surface area (Å²) in [7, 11) is 3.36. The number of benzene rings is 2. The Morgan fingerprint density at radius 2 is 1.54 bits per heavy atom. The molecule has 0 bridgehead atoms. The van der Waals surface area contributed by atoms with Crippen molar-refractivity contribution in [3.8, 4) is 5.75 Å². The maximum atomic E-state index is 12.4. The van der Waals surface area contributed by atoms with E-state index in [1.807, 2.05) is 24.3 Å². The van der Waals surface area contributed by atoms with Gasteiger partial charge in [0.15, 0.2) is 6.61 Å². The molecule has 5 nitrogen and oxygen atoms in total. The maximum absolute atomic E-state index is 12.4. The van der Waals surface area contributed by atoms with Gasteiger partial charge in [0.05, 0.1) is 0 Å². The first kappa shape index (κ1) is 19.5. The fourth-order valence-electron chi connectivity index (χ4n) is 2.23. The van der Waals surface area contributed by atoms with E-state index in [4.69, 9.17) is 4.74 Å². The van der Waals surface area contributed by atoms with Crippen LogP contribution in [0.1, 0.15) is 36.7 Å². The second-order valence-electron chi connectivity index (χ2n) is 7.38. The minimum Gasteiger partial charge on any atom is -0.484 e. The summed E-state index contributed by atoms with van der Waals surface area (Å²) in [6, 6.07) is 14.6. The number of nitrogens with one attached hydrogen (secondary N) is 1. The molecule has 0 aromatic heterocycles. The van der Waals surface area contributed by atoms with Crippen LogP contribution in [0.25, 0.3) is 0 Å². The van der Waals surface area contributed by atoms with Gasteiger partial charge in [-0.25, -0.2) is 0 Å². The number of ether oxygens (including phenoxy) is 1. The highest BCUT2D eigenvalue weighted by molar-refractivity contribution is 6.04. The highest BCUT2D eigenvalue weighted by Gasteiger charge is 2.14. The van der Waals surface area contributed by atoms with Gasteiger partial charge < -0.3 is 15.0 Å². The number of likely N-dealkylation sites (N-methyl/N-ethyl adjacent to an activating group) is 1. The van der Waals surface area contributed by atoms with E-state index in [1.165, 1.54) is 10.5 Å². The van der Waals surface area contributed by atoms with Crippen molar-refractivity contribution in [1.82, 2.24) is 4.90 Å². The summed E-state index contributed by atoms with van der Waals surface area (Å²) in [4.78, 5) is 25.3. The summed E-state index contributed by atoms with van der Waals surface area (Å²) < 4.78 is 5.41. The van der Waals surface area contributed by atoms with E-state index >= 15 is 0 Å². The molecule has 0 spiro atoms. The summed E-state index contributed by atoms with van der Waals surface area (Å²) in [5.41, 5.74) is 2.51. The van der Waals surface area contributed by atoms with Crippen LogP contribution in [-0.4, -0.2) is 37.4 Å². The van der Waals surface area contributed by atoms with Crippen LogP contribution in [0.5, 0.6) is 5.75 Å². The third kappa shape index (κ3) is 5.34. The molecule has 0 aliphatic rings. The lowest BCUT2D eigenvalue weighted by molar-refractivity contribution is -0.130. The first-order chi connectivity index (χ1) is 12.2. The largest absolute Gasteiger partial charge is 0.484 e. The quantitative estimate of drug-likeness (QED) is 0.891. The average Bonchev–Trinajstić information content (AvgIpc) is 2.60. The van der Waals surface area contributed by atoms with Crippen LogP contribution < -0.4 is 10.1 Å². The van der Waals surface area contributed by atoms with E-state index in [0.717, 1.165) is 0 Å². The van der Waals surface area contributed by atoms with Gasteiger partial charge in [-0.05, 0) is 47.4 Å². The molecule has 0 heterocycles. The third-order valence-corrected chi connectivity index (χ3v) is 3.99. The van der Waals surface area contributed by atoms with Crippen LogP contribution in [0.2, 0.25) is 0 Å². The molecule has 0 atom stereocenters. The SMILES string of the molecule is CN(C)C(=O)COc1ccc(NC(=O)c2ccc(C(C)(C)C)cc2)cc1. The Morgan fingerprint density at radius 3 is 2.04 bits per heavy atom. The van der Waals surface area contributed by atoms with Crippen molar-refractivity contribution >= 4 is 17.5 Å². The molecular formula is C21H26N2O3. The van der Waals surface area contributed by atoms with Crippen LogP contribution in [0.3, 0.4) is 0 Å². The maximum Gasteiger partial charge on any atom is 0.259 e. The van der Waals surface area contributed by atoms with E-state index in [2.05, 4.69) is 26.1 Å². The van der Waals surface area contributed by atoms with Gasteiger partial charge in [0.1, 0.15) is 5.75 Å². The van der Waals surface area contributed by atoms with Crippen molar-refractivity contribution in [3.63, 3.8) is 0 Å². The summed E-state index contributed by atoms with van der Waals surface area (Å²) in [6.45, 7) is 6.40. The average molecular weight is 354 g/mol. The molecule has 0 saturated heterocycles. The second-order valence-corrected chi connectivity index (χ2v) is 7.38. The van der Waals surface area contributed by atoms with Crippen molar-refractivity contribution in [2.75, 3.05) is 26.0 Å². The molecule has 26 heavy (non-hydrogen) atoms. The standard InChI is InChI=1S/C21H26N2O3/c1-21(2,3)16-8-6-15(7-9-16)20(25)22-17-10-12-18(13-11-17)26-14-19(24)23(4)5/h6-13H,14H2,1-5H3,(H,22,25). The predicted octanol–water partition coefficient (Wildman–Crippen LogP) is 3.70. The minimum atomic E-state index is -0.165. The minimum absolute atomic E-state index is 0.0150. The van der Waals surface area contributed by atoms with Crippen LogP contribution in [-0.2, 0) is 10.2 Å². The van der Waals surface area contributed by atoms with Crippen LogP contribution in [0, 0.1) is 0 Å². The Labute approximate surface area is 155 Å². The van der Waals surface area contributed by atoms with E-state index in [-0.39, 0.29) is 23.8 Å². The molecule has 2 amide bonds. The predicted molar refractivity (Wildman–Crippen MR) is 104 cm³/mol. The van der Waals surface area contributed by atoms with Crippen molar-refractivity contribution in [1.29, 1.82) is 0 Å². The fourth-order valence-corrected chi connectivity index (χ4v) is 2.23. The molecule has 138 valence electrons. The number of anilines is 1. The zero-order chi connectivity index (χ0) is 19.3. The Kier molecular flexibility index (Phi) is 6.03. The lowest BCUT2D eigenvalue weighted by Gasteiger charge is -2.19. The Morgan fingerprint density at radius 1 is 0.962 bits per heavy atom. The number of carbonyl (C=O) groups excluding carboxylic acids is 2. The van der Waals surface area contributed by atoms with Gasteiger partial charge in [-0.15, -0.1) is 0 Å². The van der Waals surface area contributed by atoms with Crippen LogP contribution in [0.15, 0.2) is 48.5 Å². The number of rotatable bonds is 5. The monoisotopic (exact) mass is 354 g/mol. The first-order valence-corrected chi connectivity index (χ1v) is 8.52. The second kappa shape index (κ2) is 8.04. The molecule has 5 heteroatoms. The number of hydrogen-bond donors (Lipinski definition) is 1. The topological polar surface area (TPSA) is 58.6 Å². The summed E-state index contributed by atoms with van der Waals surface area (Å²) in [6.07, 6.45) is 0. The summed E-state index contributed by atoms with van der Waals surface area (Å²) in [5, 5.41) is 2.86. The van der Waals surface area contributed by atoms with E-state index in [1.54, 1.807) is 38.4 Å². The highest BCUT2D eigenvalue weighted by Crippen LogP contribution is 2.22. The Hall–Kier alpha value is -2.82. The molecule has 0 aliphatic heterocycles. The number of carbonyl (C=O) groups is 2. The molecule has 0 unspecified atom stereocenters.